The van der Waals surface area contributed by atoms with Gasteiger partial charge in [-0.05, 0) is 67.4 Å². The van der Waals surface area contributed by atoms with Crippen molar-refractivity contribution in [1.29, 1.82) is 0 Å². The molecule has 0 unspecified atom stereocenters. The van der Waals surface area contributed by atoms with Gasteiger partial charge in [-0.2, -0.15) is 0 Å². The highest BCUT2D eigenvalue weighted by Crippen LogP contribution is 2.44. The lowest BCUT2D eigenvalue weighted by Gasteiger charge is -2.36. The lowest BCUT2D eigenvalue weighted by atomic mass is 9.69. The Bertz CT molecular complexity index is 429. The molecule has 0 amide bonds. The Kier molecular flexibility index (Phi) is 2.62. The third-order valence-electron chi connectivity index (χ3n) is 4.76. The number of benzene rings is 1. The highest BCUT2D eigenvalue weighted by molar-refractivity contribution is 5.40. The van der Waals surface area contributed by atoms with Crippen LogP contribution in [0.2, 0.25) is 0 Å². The summed E-state index contributed by atoms with van der Waals surface area (Å²) in [5, 5.41) is 9.68. The molecule has 0 spiro atoms. The van der Waals surface area contributed by atoms with Gasteiger partial charge in [0.15, 0.2) is 0 Å². The monoisotopic (exact) mass is 231 g/mol. The van der Waals surface area contributed by atoms with Gasteiger partial charge in [-0.25, -0.2) is 0 Å². The van der Waals surface area contributed by atoms with Crippen LogP contribution in [0.4, 0.5) is 0 Å². The Morgan fingerprint density at radius 2 is 2.18 bits per heavy atom. The summed E-state index contributed by atoms with van der Waals surface area (Å²) in [6.07, 6.45) is 2.40. The van der Waals surface area contributed by atoms with Crippen LogP contribution in [0.1, 0.15) is 30.4 Å². The molecular formula is C15H21NO. The van der Waals surface area contributed by atoms with E-state index in [2.05, 4.69) is 24.9 Å². The molecule has 1 aliphatic carbocycles. The number of aromatic hydroxyl groups is 1. The number of hydrogen-bond donors (Lipinski definition) is 1. The van der Waals surface area contributed by atoms with Crippen LogP contribution >= 0.6 is 0 Å². The van der Waals surface area contributed by atoms with Crippen LogP contribution in [-0.2, 0) is 6.42 Å². The summed E-state index contributed by atoms with van der Waals surface area (Å²) in [6.45, 7) is 4.79. The van der Waals surface area contributed by atoms with Crippen LogP contribution in [0.15, 0.2) is 18.2 Å². The van der Waals surface area contributed by atoms with Gasteiger partial charge in [-0.3, -0.25) is 0 Å². The molecule has 2 nitrogen and oxygen atoms in total. The number of phenolic OH excluding ortho intramolecular Hbond substituents is 1. The number of nitrogens with zero attached hydrogens (tertiary/aromatic N) is 1. The van der Waals surface area contributed by atoms with Crippen molar-refractivity contribution in [3.63, 3.8) is 0 Å². The van der Waals surface area contributed by atoms with E-state index in [-0.39, 0.29) is 0 Å². The minimum absolute atomic E-state index is 0.423. The summed E-state index contributed by atoms with van der Waals surface area (Å²) in [5.41, 5.74) is 2.87. The van der Waals surface area contributed by atoms with E-state index >= 15 is 0 Å². The van der Waals surface area contributed by atoms with Crippen LogP contribution < -0.4 is 0 Å². The van der Waals surface area contributed by atoms with Gasteiger partial charge >= 0.3 is 0 Å². The zero-order chi connectivity index (χ0) is 12.0. The van der Waals surface area contributed by atoms with Gasteiger partial charge in [0.2, 0.25) is 0 Å². The fourth-order valence-electron chi connectivity index (χ4n) is 3.69. The quantitative estimate of drug-likeness (QED) is 0.742. The Labute approximate surface area is 103 Å². The molecule has 2 bridgehead atoms. The molecule has 1 N–H and O–H groups in total. The molecule has 17 heavy (non-hydrogen) atoms. The third kappa shape index (κ3) is 1.85. The summed E-state index contributed by atoms with van der Waals surface area (Å²) in [7, 11) is 2.23. The summed E-state index contributed by atoms with van der Waals surface area (Å²) < 4.78 is 0. The zero-order valence-corrected chi connectivity index (χ0v) is 10.7. The van der Waals surface area contributed by atoms with Gasteiger partial charge in [0.25, 0.3) is 0 Å². The third-order valence-corrected chi connectivity index (χ3v) is 4.76. The normalized spacial score (nSPS) is 32.9. The summed E-state index contributed by atoms with van der Waals surface area (Å²) in [4.78, 5) is 2.47. The molecule has 0 radical (unpaired) electrons. The molecule has 1 aromatic rings. The van der Waals surface area contributed by atoms with E-state index in [1.54, 1.807) is 0 Å². The smallest absolute Gasteiger partial charge is 0.115 e. The van der Waals surface area contributed by atoms with E-state index < -0.39 is 0 Å². The molecule has 0 saturated carbocycles. The van der Waals surface area contributed by atoms with Gasteiger partial charge in [-0.1, -0.05) is 13.0 Å². The van der Waals surface area contributed by atoms with Crippen LogP contribution in [0, 0.1) is 11.8 Å². The number of fused-ring (bicyclic) bond motifs is 4. The number of hydrogen-bond acceptors (Lipinski definition) is 2. The first-order chi connectivity index (χ1) is 8.15. The molecule has 1 saturated heterocycles. The van der Waals surface area contributed by atoms with E-state index in [4.69, 9.17) is 0 Å². The van der Waals surface area contributed by atoms with Gasteiger partial charge < -0.3 is 10.0 Å². The SMILES string of the molecule is C[C@@H]1[C@H]2Cc3ccc(O)cc3[C@H]1CCN(C)C2. The first-order valence-corrected chi connectivity index (χ1v) is 6.65. The van der Waals surface area contributed by atoms with Crippen molar-refractivity contribution < 1.29 is 5.11 Å². The molecule has 92 valence electrons. The van der Waals surface area contributed by atoms with E-state index in [9.17, 15) is 5.11 Å². The van der Waals surface area contributed by atoms with Crippen LogP contribution in [0.3, 0.4) is 0 Å². The number of phenols is 1. The Balaban J connectivity index is 2.04. The topological polar surface area (TPSA) is 23.5 Å². The predicted molar refractivity (Wildman–Crippen MR) is 69.3 cm³/mol. The van der Waals surface area contributed by atoms with E-state index in [0.717, 1.165) is 11.8 Å². The van der Waals surface area contributed by atoms with Gasteiger partial charge in [0, 0.05) is 6.54 Å². The Morgan fingerprint density at radius 3 is 3.00 bits per heavy atom. The lowest BCUT2D eigenvalue weighted by molar-refractivity contribution is 0.247. The van der Waals surface area contributed by atoms with E-state index in [1.807, 2.05) is 12.1 Å². The molecular weight excluding hydrogens is 210 g/mol. The summed E-state index contributed by atoms with van der Waals surface area (Å²) in [6, 6.07) is 5.96. The van der Waals surface area contributed by atoms with Crippen molar-refractivity contribution in [2.45, 2.75) is 25.7 Å². The first-order valence-electron chi connectivity index (χ1n) is 6.65. The second kappa shape index (κ2) is 4.02. The molecule has 3 rings (SSSR count). The predicted octanol–water partition coefficient (Wildman–Crippen LogP) is 2.62. The second-order valence-corrected chi connectivity index (χ2v) is 5.86. The average Bonchev–Trinajstić information content (AvgIpc) is 2.39. The maximum absolute atomic E-state index is 9.68. The lowest BCUT2D eigenvalue weighted by Crippen LogP contribution is -2.31. The van der Waals surface area contributed by atoms with E-state index in [0.29, 0.717) is 11.7 Å². The van der Waals surface area contributed by atoms with Crippen molar-refractivity contribution in [2.75, 3.05) is 20.1 Å². The molecule has 2 aliphatic rings. The fraction of sp³-hybridized carbons (Fsp3) is 0.600. The average molecular weight is 231 g/mol. The highest BCUT2D eigenvalue weighted by Gasteiger charge is 2.36. The minimum atomic E-state index is 0.423. The first kappa shape index (κ1) is 11.1. The van der Waals surface area contributed by atoms with Gasteiger partial charge in [0.05, 0.1) is 0 Å². The summed E-state index contributed by atoms with van der Waals surface area (Å²) in [5.74, 6) is 2.59. The van der Waals surface area contributed by atoms with E-state index in [1.165, 1.54) is 37.1 Å². The van der Waals surface area contributed by atoms with Gasteiger partial charge in [0.1, 0.15) is 5.75 Å². The largest absolute Gasteiger partial charge is 0.508 e. The zero-order valence-electron chi connectivity index (χ0n) is 10.7. The maximum atomic E-state index is 9.68. The molecule has 1 aliphatic heterocycles. The van der Waals surface area contributed by atoms with Gasteiger partial charge in [-0.15, -0.1) is 0 Å². The Hall–Kier alpha value is -1.02. The summed E-state index contributed by atoms with van der Waals surface area (Å²) >= 11 is 0. The minimum Gasteiger partial charge on any atom is -0.508 e. The van der Waals surface area contributed by atoms with Crippen molar-refractivity contribution in [3.05, 3.63) is 29.3 Å². The molecule has 0 aromatic heterocycles. The standard InChI is InChI=1S/C15H21NO/c1-10-12-7-11-3-4-13(17)8-15(11)14(10)5-6-16(2)9-12/h3-4,8,10,12,14,17H,5-7,9H2,1-2H3/t10-,12+,14+/m1/s1. The van der Waals surface area contributed by atoms with Crippen LogP contribution in [0.25, 0.3) is 0 Å². The number of rotatable bonds is 0. The maximum Gasteiger partial charge on any atom is 0.115 e. The van der Waals surface area contributed by atoms with Crippen molar-refractivity contribution in [3.8, 4) is 5.75 Å². The Morgan fingerprint density at radius 1 is 1.35 bits per heavy atom. The molecule has 1 heterocycles. The molecule has 3 atom stereocenters. The molecule has 2 heteroatoms. The second-order valence-electron chi connectivity index (χ2n) is 5.86. The van der Waals surface area contributed by atoms with Crippen molar-refractivity contribution >= 4 is 0 Å². The number of likely N-dealkylation sites (tertiary alicyclic amines) is 1. The highest BCUT2D eigenvalue weighted by atomic mass is 16.3. The molecule has 1 aromatic carbocycles. The van der Waals surface area contributed by atoms with Crippen LogP contribution in [0.5, 0.6) is 5.75 Å². The molecule has 1 fully saturated rings. The van der Waals surface area contributed by atoms with Crippen molar-refractivity contribution in [2.24, 2.45) is 11.8 Å². The van der Waals surface area contributed by atoms with Crippen LogP contribution in [-0.4, -0.2) is 30.1 Å². The van der Waals surface area contributed by atoms with Crippen molar-refractivity contribution in [1.82, 2.24) is 4.90 Å². The fourth-order valence-corrected chi connectivity index (χ4v) is 3.69.